The van der Waals surface area contributed by atoms with E-state index in [4.69, 9.17) is 10.5 Å². The maximum absolute atomic E-state index is 10.2. The van der Waals surface area contributed by atoms with Crippen LogP contribution in [-0.2, 0) is 14.3 Å². The molecule has 14 heavy (non-hydrogen) atoms. The number of hydrogen-bond donors (Lipinski definition) is 3. The molecule has 5 atom stereocenters. The van der Waals surface area contributed by atoms with E-state index in [1.165, 1.54) is 0 Å². The Balaban J connectivity index is 2.88. The molecule has 1 aliphatic heterocycles. The summed E-state index contributed by atoms with van der Waals surface area (Å²) in [5.41, 5.74) is 3.93. The van der Waals surface area contributed by atoms with Gasteiger partial charge in [0.25, 0.3) is 6.47 Å². The molecule has 0 aliphatic carbocycles. The van der Waals surface area contributed by atoms with Crippen LogP contribution in [0.1, 0.15) is 13.8 Å². The number of nitrogens with two attached hydrogens (primary N) is 1. The van der Waals surface area contributed by atoms with Crippen LogP contribution in [0.15, 0.2) is 0 Å². The van der Waals surface area contributed by atoms with Gasteiger partial charge in [0.15, 0.2) is 0 Å². The molecule has 1 aliphatic rings. The van der Waals surface area contributed by atoms with Crippen molar-refractivity contribution in [3.8, 4) is 0 Å². The molecule has 0 bridgehead atoms. The fourth-order valence-electron chi connectivity index (χ4n) is 1.52. The zero-order valence-electron chi connectivity index (χ0n) is 8.08. The van der Waals surface area contributed by atoms with Crippen molar-refractivity contribution in [2.75, 3.05) is 0 Å². The van der Waals surface area contributed by atoms with E-state index in [9.17, 15) is 15.0 Å². The summed E-state index contributed by atoms with van der Waals surface area (Å²) in [5, 5.41) is 19.1. The van der Waals surface area contributed by atoms with Gasteiger partial charge in [0.05, 0.1) is 6.10 Å². The van der Waals surface area contributed by atoms with E-state index in [1.54, 1.807) is 13.8 Å². The van der Waals surface area contributed by atoms with Crippen LogP contribution in [0.3, 0.4) is 0 Å². The van der Waals surface area contributed by atoms with Gasteiger partial charge in [-0.05, 0) is 13.8 Å². The Hall–Kier alpha value is -0.690. The molecular formula is C8H15NO5. The van der Waals surface area contributed by atoms with Crippen LogP contribution in [-0.4, -0.2) is 46.8 Å². The number of ether oxygens (including phenoxy) is 2. The number of aliphatic hydroxyl groups is 2. The zero-order chi connectivity index (χ0) is 10.9. The molecule has 0 radical (unpaired) electrons. The number of hydrogen-bond acceptors (Lipinski definition) is 6. The van der Waals surface area contributed by atoms with E-state index in [-0.39, 0.29) is 6.47 Å². The number of rotatable bonds is 2. The molecule has 6 nitrogen and oxygen atoms in total. The first-order valence-electron chi connectivity index (χ1n) is 4.35. The molecule has 0 saturated carbocycles. The first-order chi connectivity index (χ1) is 6.43. The van der Waals surface area contributed by atoms with Crippen molar-refractivity contribution in [3.05, 3.63) is 0 Å². The van der Waals surface area contributed by atoms with Gasteiger partial charge in [0.2, 0.25) is 5.72 Å². The summed E-state index contributed by atoms with van der Waals surface area (Å²) in [6, 6.07) is 0. The minimum atomic E-state index is -1.69. The summed E-state index contributed by atoms with van der Waals surface area (Å²) in [6.45, 7) is 3.30. The molecule has 1 rings (SSSR count). The molecule has 0 aromatic rings. The van der Waals surface area contributed by atoms with E-state index in [1.807, 2.05) is 0 Å². The first-order valence-corrected chi connectivity index (χ1v) is 4.35. The zero-order valence-corrected chi connectivity index (χ0v) is 8.08. The predicted molar refractivity (Wildman–Crippen MR) is 46.1 cm³/mol. The van der Waals surface area contributed by atoms with Crippen LogP contribution in [0.25, 0.3) is 0 Å². The number of carbonyl (C=O) groups excluding carboxylic acids is 1. The lowest BCUT2D eigenvalue weighted by molar-refractivity contribution is -0.263. The maximum atomic E-state index is 10.2. The highest BCUT2D eigenvalue weighted by atomic mass is 16.6. The highest BCUT2D eigenvalue weighted by Crippen LogP contribution is 2.28. The Morgan fingerprint density at radius 3 is 2.57 bits per heavy atom. The van der Waals surface area contributed by atoms with Crippen LogP contribution in [0.5, 0.6) is 0 Å². The van der Waals surface area contributed by atoms with Crippen molar-refractivity contribution in [3.63, 3.8) is 0 Å². The topological polar surface area (TPSA) is 102 Å². The first kappa shape index (κ1) is 11.4. The van der Waals surface area contributed by atoms with Crippen molar-refractivity contribution >= 4 is 6.47 Å². The Labute approximate surface area is 81.6 Å². The summed E-state index contributed by atoms with van der Waals surface area (Å²) in [4.78, 5) is 10.2. The lowest BCUT2D eigenvalue weighted by atomic mass is 9.91. The van der Waals surface area contributed by atoms with E-state index in [0.29, 0.717) is 0 Å². The third-order valence-corrected chi connectivity index (χ3v) is 2.57. The Morgan fingerprint density at radius 2 is 2.07 bits per heavy atom. The van der Waals surface area contributed by atoms with E-state index in [0.717, 1.165) is 0 Å². The lowest BCUT2D eigenvalue weighted by Crippen LogP contribution is -2.70. The molecule has 82 valence electrons. The molecule has 3 unspecified atom stereocenters. The van der Waals surface area contributed by atoms with Gasteiger partial charge in [-0.3, -0.25) is 10.5 Å². The van der Waals surface area contributed by atoms with Gasteiger partial charge in [0, 0.05) is 0 Å². The number of carbonyl (C=O) groups is 1. The molecule has 0 amide bonds. The average molecular weight is 205 g/mol. The van der Waals surface area contributed by atoms with Crippen LogP contribution < -0.4 is 5.73 Å². The quantitative estimate of drug-likeness (QED) is 0.368. The predicted octanol–water partition coefficient (Wildman–Crippen LogP) is -1.66. The second-order valence-corrected chi connectivity index (χ2v) is 3.49. The van der Waals surface area contributed by atoms with Crippen molar-refractivity contribution < 1.29 is 24.5 Å². The summed E-state index contributed by atoms with van der Waals surface area (Å²) in [7, 11) is 0. The molecule has 1 heterocycles. The van der Waals surface area contributed by atoms with E-state index < -0.39 is 30.1 Å². The van der Waals surface area contributed by atoms with Gasteiger partial charge in [-0.15, -0.1) is 0 Å². The molecular weight excluding hydrogens is 190 g/mol. The summed E-state index contributed by atoms with van der Waals surface area (Å²) < 4.78 is 9.79. The normalized spacial score (nSPS) is 48.6. The highest BCUT2D eigenvalue weighted by Gasteiger charge is 2.52. The smallest absolute Gasteiger partial charge is 0.295 e. The highest BCUT2D eigenvalue weighted by molar-refractivity contribution is 5.39. The summed E-state index contributed by atoms with van der Waals surface area (Å²) in [6.07, 6.45) is -3.75. The summed E-state index contributed by atoms with van der Waals surface area (Å²) >= 11 is 0. The molecule has 1 fully saturated rings. The average Bonchev–Trinajstić information content (AvgIpc) is 2.13. The third kappa shape index (κ3) is 1.61. The second kappa shape index (κ2) is 3.82. The fourth-order valence-corrected chi connectivity index (χ4v) is 1.52. The standard InChI is InChI=1S/C8H15NO5/c1-4-6(11)7(12)8(9,13-3-10)5(2)14-4/h3-7,11-12H,9H2,1-2H3/t4-,5?,6?,7?,8-/m0/s1. The molecule has 1 saturated heterocycles. The van der Waals surface area contributed by atoms with Crippen LogP contribution in [0.2, 0.25) is 0 Å². The minimum Gasteiger partial charge on any atom is -0.441 e. The minimum absolute atomic E-state index is 0.131. The molecule has 4 N–H and O–H groups in total. The van der Waals surface area contributed by atoms with Gasteiger partial charge in [0.1, 0.15) is 18.3 Å². The van der Waals surface area contributed by atoms with Gasteiger partial charge in [-0.25, -0.2) is 0 Å². The Morgan fingerprint density at radius 1 is 1.50 bits per heavy atom. The largest absolute Gasteiger partial charge is 0.441 e. The second-order valence-electron chi connectivity index (χ2n) is 3.49. The lowest BCUT2D eigenvalue weighted by Gasteiger charge is -2.45. The maximum Gasteiger partial charge on any atom is 0.295 e. The van der Waals surface area contributed by atoms with Gasteiger partial charge < -0.3 is 19.7 Å². The fraction of sp³-hybridized carbons (Fsp3) is 0.875. The third-order valence-electron chi connectivity index (χ3n) is 2.57. The monoisotopic (exact) mass is 205 g/mol. The van der Waals surface area contributed by atoms with Crippen molar-refractivity contribution in [2.45, 2.75) is 44.0 Å². The number of aliphatic hydroxyl groups excluding tert-OH is 2. The molecule has 0 aromatic carbocycles. The molecule has 0 spiro atoms. The van der Waals surface area contributed by atoms with Crippen LogP contribution in [0, 0.1) is 0 Å². The Bertz CT molecular complexity index is 224. The SMILES string of the molecule is CC1O[C@@H](C)C(O)C(O)[C@@]1(N)OC=O. The molecule has 6 heteroatoms. The Kier molecular flexibility index (Phi) is 3.10. The van der Waals surface area contributed by atoms with Crippen molar-refractivity contribution in [1.29, 1.82) is 0 Å². The van der Waals surface area contributed by atoms with Crippen molar-refractivity contribution in [2.24, 2.45) is 5.73 Å². The van der Waals surface area contributed by atoms with Crippen LogP contribution >= 0.6 is 0 Å². The molecule has 0 aromatic heterocycles. The van der Waals surface area contributed by atoms with Crippen LogP contribution in [0.4, 0.5) is 0 Å². The van der Waals surface area contributed by atoms with E-state index >= 15 is 0 Å². The van der Waals surface area contributed by atoms with Gasteiger partial charge in [-0.2, -0.15) is 0 Å². The van der Waals surface area contributed by atoms with Crippen molar-refractivity contribution in [1.82, 2.24) is 0 Å². The summed E-state index contributed by atoms with van der Waals surface area (Å²) in [5.74, 6) is 0. The van der Waals surface area contributed by atoms with E-state index in [2.05, 4.69) is 4.74 Å². The van der Waals surface area contributed by atoms with Gasteiger partial charge >= 0.3 is 0 Å². The van der Waals surface area contributed by atoms with Gasteiger partial charge in [-0.1, -0.05) is 0 Å².